The Morgan fingerprint density at radius 2 is 0.708 bits per heavy atom. The number of nitrogens with zero attached hydrogens (tertiary/aromatic N) is 10. The Kier molecular flexibility index (Phi) is 21.1. The Morgan fingerprint density at radius 3 is 1.13 bits per heavy atom. The molecule has 0 spiro atoms. The highest BCUT2D eigenvalue weighted by Gasteiger charge is 2.35. The SMILES string of the molecule is CN1C=c2ccccc2=CB1c1cc(C2CCCC2)cc[n+]1C.CN1C=c2ccccc2=CB1c1cc(CC2CCCCC2)cc[n+]1C.Cc1cc[n+](C)c(B2C=c3ccccc3=CN2C)c1.[2H]C([2H])([2H])c1c[n+](C)c(B2C=c3ccccc3=CN2C)cc1C.[2H]C([2H])([2H])c1ccc(B2C=c3ccccc3=CN2C)[n+](C)c1. The second-order valence-electron chi connectivity index (χ2n) is 30.5. The summed E-state index contributed by atoms with van der Waals surface area (Å²) in [4.78, 5) is 11.2. The number of hydrogen-bond donors (Lipinski definition) is 0. The van der Waals surface area contributed by atoms with E-state index in [1.807, 2.05) is 80.6 Å². The van der Waals surface area contributed by atoms with Crippen LogP contribution in [-0.2, 0) is 41.7 Å². The fraction of sp³-hybridized carbons (Fsp3) is 0.286. The zero-order valence-electron chi connectivity index (χ0n) is 70.5. The lowest BCUT2D eigenvalue weighted by atomic mass is 9.55. The van der Waals surface area contributed by atoms with Gasteiger partial charge in [0, 0.05) is 61.8 Å². The second-order valence-corrected chi connectivity index (χ2v) is 30.5. The van der Waals surface area contributed by atoms with Gasteiger partial charge in [0.1, 0.15) is 35.2 Å². The van der Waals surface area contributed by atoms with Crippen molar-refractivity contribution in [2.24, 2.45) is 41.2 Å². The molecule has 5 aromatic heterocycles. The monoisotopic (exact) mass is 1400 g/mol. The van der Waals surface area contributed by atoms with Crippen LogP contribution < -0.4 is 103 Å². The molecular weight excluding hydrogens is 1290 g/mol. The van der Waals surface area contributed by atoms with Crippen molar-refractivity contribution in [2.45, 2.75) is 97.7 Å². The lowest BCUT2D eigenvalue weighted by Gasteiger charge is -2.23. The van der Waals surface area contributed by atoms with Crippen LogP contribution in [0, 0.1) is 33.5 Å². The quantitative estimate of drug-likeness (QED) is 0.172. The summed E-state index contributed by atoms with van der Waals surface area (Å²) in [5, 5.41) is 12.7. The van der Waals surface area contributed by atoms with Gasteiger partial charge in [-0.05, 0) is 211 Å². The molecule has 2 aliphatic carbocycles. The maximum absolute atomic E-state index is 7.66. The molecule has 0 N–H and O–H groups in total. The zero-order valence-corrected chi connectivity index (χ0v) is 64.5. The van der Waals surface area contributed by atoms with E-state index in [4.69, 9.17) is 8.22 Å². The third kappa shape index (κ3) is 17.4. The van der Waals surface area contributed by atoms with E-state index in [1.165, 1.54) is 150 Å². The molecular formula is C91H108B5N10+5. The van der Waals surface area contributed by atoms with Gasteiger partial charge in [-0.15, -0.1) is 0 Å². The minimum absolute atomic E-state index is 0.0826. The molecule has 15 heteroatoms. The highest BCUT2D eigenvalue weighted by Crippen LogP contribution is 2.33. The highest BCUT2D eigenvalue weighted by atomic mass is 15.1. The maximum Gasteiger partial charge on any atom is 0.396 e. The normalized spacial score (nSPS) is 16.5. The summed E-state index contributed by atoms with van der Waals surface area (Å²) in [6.45, 7) is 0.917. The summed E-state index contributed by atoms with van der Waals surface area (Å²) >= 11 is 0. The highest BCUT2D eigenvalue weighted by molar-refractivity contribution is 6.84. The summed E-state index contributed by atoms with van der Waals surface area (Å²) in [5.41, 5.74) is 12.1. The van der Waals surface area contributed by atoms with Crippen LogP contribution in [0.25, 0.3) is 60.9 Å². The van der Waals surface area contributed by atoms with Gasteiger partial charge in [0.05, 0.1) is 0 Å². The van der Waals surface area contributed by atoms with Crippen molar-refractivity contribution in [3.8, 4) is 0 Å². The maximum atomic E-state index is 7.66. The Hall–Kier alpha value is -10.1. The van der Waals surface area contributed by atoms with Gasteiger partial charge in [0.15, 0.2) is 59.0 Å². The molecule has 10 heterocycles. The van der Waals surface area contributed by atoms with E-state index in [1.54, 1.807) is 18.5 Å². The van der Waals surface area contributed by atoms with Gasteiger partial charge in [0.25, 0.3) is 0 Å². The molecule has 10 nitrogen and oxygen atoms in total. The minimum Gasteiger partial charge on any atom is -0.411 e. The number of aromatic nitrogens is 5. The molecule has 0 unspecified atom stereocenters. The van der Waals surface area contributed by atoms with Gasteiger partial charge in [-0.25, -0.2) is 22.8 Å². The van der Waals surface area contributed by atoms with Crippen molar-refractivity contribution in [3.63, 3.8) is 0 Å². The summed E-state index contributed by atoms with van der Waals surface area (Å²) in [5.74, 6) is 13.2. The lowest BCUT2D eigenvalue weighted by Crippen LogP contribution is -2.61. The van der Waals surface area contributed by atoms with E-state index >= 15 is 0 Å². The lowest BCUT2D eigenvalue weighted by molar-refractivity contribution is -0.654. The zero-order chi connectivity index (χ0) is 79.1. The van der Waals surface area contributed by atoms with E-state index in [0.717, 1.165) is 28.6 Å². The number of pyridine rings is 5. The van der Waals surface area contributed by atoms with Crippen LogP contribution in [0.15, 0.2) is 207 Å². The van der Waals surface area contributed by atoms with Crippen LogP contribution in [0.4, 0.5) is 0 Å². The summed E-state index contributed by atoms with van der Waals surface area (Å²) < 4.78 is 56.1. The third-order valence-corrected chi connectivity index (χ3v) is 22.7. The van der Waals surface area contributed by atoms with Crippen molar-refractivity contribution in [1.29, 1.82) is 0 Å². The molecule has 0 radical (unpaired) electrons. The first-order valence-electron chi connectivity index (χ1n) is 41.2. The van der Waals surface area contributed by atoms with Crippen LogP contribution in [0.2, 0.25) is 0 Å². The van der Waals surface area contributed by atoms with E-state index in [0.29, 0.717) is 31.7 Å². The minimum atomic E-state index is -2.08. The number of hydrogen-bond acceptors (Lipinski definition) is 5. The molecule has 2 saturated carbocycles. The van der Waals surface area contributed by atoms with Crippen LogP contribution in [0.1, 0.15) is 105 Å². The van der Waals surface area contributed by atoms with Crippen molar-refractivity contribution in [3.05, 3.63) is 292 Å². The van der Waals surface area contributed by atoms with Crippen LogP contribution in [-0.4, -0.2) is 93.5 Å². The summed E-state index contributed by atoms with van der Waals surface area (Å²) in [6.07, 6.45) is 34.9. The summed E-state index contributed by atoms with van der Waals surface area (Å²) in [7, 11) is 20.8. The topological polar surface area (TPSA) is 35.6 Å². The number of benzene rings is 5. The molecule has 5 aliphatic heterocycles. The van der Waals surface area contributed by atoms with Crippen LogP contribution in [0.5, 0.6) is 0 Å². The molecule has 106 heavy (non-hydrogen) atoms. The molecule has 0 atom stereocenters. The Morgan fingerprint density at radius 1 is 0.340 bits per heavy atom. The molecule has 7 aliphatic rings. The van der Waals surface area contributed by atoms with Crippen LogP contribution >= 0.6 is 0 Å². The van der Waals surface area contributed by atoms with E-state index in [9.17, 15) is 0 Å². The predicted octanol–water partition coefficient (Wildman–Crippen LogP) is 2.08. The predicted molar refractivity (Wildman–Crippen MR) is 447 cm³/mol. The molecule has 10 aromatic rings. The van der Waals surface area contributed by atoms with Crippen molar-refractivity contribution in [2.75, 3.05) is 35.2 Å². The summed E-state index contributed by atoms with van der Waals surface area (Å²) in [6, 6.07) is 61.9. The Balaban J connectivity index is 0.000000123. The largest absolute Gasteiger partial charge is 0.411 e. The third-order valence-electron chi connectivity index (χ3n) is 22.7. The number of aryl methyl sites for hydroxylation is 9. The standard InChI is InChI=1S/C22H28BN2.C20H24BN2.C17H20BN2.2C16H18BN2/c1-24-13-12-19(14-18-8-4-3-5-9-18)15-22(24)23-16-20-10-6-7-11-21(20)17-25(23)2;1-22-12-11-17(16-7-3-4-8-16)13-20(22)21-14-18-9-5-6-10-19(18)15-23(21)2;1-13-9-17(19(3)11-14(13)2)18-10-15-7-5-6-8-16(15)12-20(18)4;1-13-8-9-16(18(2)11-13)17-10-14-6-4-5-7-15(14)12-19(17)3;1-13-8-9-18(2)16(10-13)17-11-14-6-4-5-7-15(14)12-19(17)3/h6-7,10-13,15-18H,3-5,8-9,14H2,1-2H3;5-6,9-16H,3-4,7-8H2,1-2H3;5-12H,1-4H3;2*4-12H,1-3H3/q5*+1/i;;2D3;1D3;. The number of fused-ring (bicyclic) bond motifs is 5. The van der Waals surface area contributed by atoms with E-state index < -0.39 is 13.7 Å². The molecule has 5 aromatic carbocycles. The first kappa shape index (κ1) is 66.6. The van der Waals surface area contributed by atoms with Gasteiger partial charge < -0.3 is 24.1 Å². The molecule has 0 bridgehead atoms. The average Bonchev–Trinajstić information content (AvgIpc) is 0.915. The number of rotatable bonds is 8. The first-order valence-corrected chi connectivity index (χ1v) is 38.2. The van der Waals surface area contributed by atoms with E-state index in [-0.39, 0.29) is 13.7 Å². The van der Waals surface area contributed by atoms with Gasteiger partial charge in [-0.2, -0.15) is 0 Å². The van der Waals surface area contributed by atoms with E-state index in [2.05, 4.69) is 300 Å². The fourth-order valence-corrected chi connectivity index (χ4v) is 16.5. The van der Waals surface area contributed by atoms with Gasteiger partial charge >= 0.3 is 34.2 Å². The van der Waals surface area contributed by atoms with Gasteiger partial charge in [-0.1, -0.05) is 196 Å². The smallest absolute Gasteiger partial charge is 0.396 e. The van der Waals surface area contributed by atoms with Crippen LogP contribution in [0.3, 0.4) is 0 Å². The average molecular weight is 1400 g/mol. The molecule has 0 amide bonds. The fourth-order valence-electron chi connectivity index (χ4n) is 16.5. The second kappa shape index (κ2) is 33.5. The molecule has 17 rings (SSSR count). The molecule has 0 saturated heterocycles. The van der Waals surface area contributed by atoms with Gasteiger partial charge in [-0.3, -0.25) is 0 Å². The Bertz CT molecular complexity index is 5790. The molecule has 532 valence electrons. The van der Waals surface area contributed by atoms with Gasteiger partial charge in [0.2, 0.25) is 0 Å². The van der Waals surface area contributed by atoms with Crippen molar-refractivity contribution >= 4 is 123 Å². The van der Waals surface area contributed by atoms with Crippen molar-refractivity contribution < 1.29 is 31.1 Å². The Labute approximate surface area is 641 Å². The first-order chi connectivity index (χ1) is 53.7. The molecule has 2 fully saturated rings. The van der Waals surface area contributed by atoms with Crippen molar-refractivity contribution in [1.82, 2.24) is 24.1 Å².